The van der Waals surface area contributed by atoms with Crippen LogP contribution in [0, 0.1) is 0 Å². The van der Waals surface area contributed by atoms with Crippen molar-refractivity contribution < 1.29 is 14.6 Å². The van der Waals surface area contributed by atoms with E-state index in [0.717, 1.165) is 19.3 Å². The molecule has 2 heterocycles. The van der Waals surface area contributed by atoms with Crippen LogP contribution in [0.2, 0.25) is 0 Å². The molecule has 1 spiro atoms. The first-order valence-corrected chi connectivity index (χ1v) is 6.71. The minimum Gasteiger partial charge on any atom is -0.444 e. The Morgan fingerprint density at radius 2 is 2.00 bits per heavy atom. The number of hydrogen-bond acceptors (Lipinski definition) is 4. The third-order valence-corrected chi connectivity index (χ3v) is 3.71. The first-order chi connectivity index (χ1) is 8.30. The highest BCUT2D eigenvalue weighted by Crippen LogP contribution is 2.31. The van der Waals surface area contributed by atoms with E-state index in [0.29, 0.717) is 19.6 Å². The van der Waals surface area contributed by atoms with Crippen molar-refractivity contribution in [3.63, 3.8) is 0 Å². The third kappa shape index (κ3) is 3.14. The van der Waals surface area contributed by atoms with E-state index in [-0.39, 0.29) is 17.7 Å². The molecule has 0 aromatic carbocycles. The highest BCUT2D eigenvalue weighted by Gasteiger charge is 2.41. The molecular weight excluding hydrogens is 232 g/mol. The van der Waals surface area contributed by atoms with Gasteiger partial charge in [-0.1, -0.05) is 0 Å². The molecule has 5 heteroatoms. The summed E-state index contributed by atoms with van der Waals surface area (Å²) < 4.78 is 5.37. The van der Waals surface area contributed by atoms with Crippen LogP contribution in [0.3, 0.4) is 0 Å². The molecule has 1 atom stereocenters. The number of rotatable bonds is 0. The maximum absolute atomic E-state index is 11.9. The van der Waals surface area contributed by atoms with E-state index < -0.39 is 5.60 Å². The lowest BCUT2D eigenvalue weighted by Crippen LogP contribution is -2.52. The summed E-state index contributed by atoms with van der Waals surface area (Å²) in [5.41, 5.74) is -0.397. The maximum atomic E-state index is 11.9. The first-order valence-electron chi connectivity index (χ1n) is 6.71. The van der Waals surface area contributed by atoms with Gasteiger partial charge in [-0.25, -0.2) is 4.79 Å². The van der Waals surface area contributed by atoms with Crippen molar-refractivity contribution in [1.29, 1.82) is 0 Å². The average Bonchev–Trinajstić information content (AvgIpc) is 2.58. The monoisotopic (exact) mass is 256 g/mol. The van der Waals surface area contributed by atoms with Gasteiger partial charge in [0, 0.05) is 25.2 Å². The fourth-order valence-electron chi connectivity index (χ4n) is 2.75. The summed E-state index contributed by atoms with van der Waals surface area (Å²) in [6.07, 6.45) is 2.12. The predicted molar refractivity (Wildman–Crippen MR) is 68.4 cm³/mol. The fourth-order valence-corrected chi connectivity index (χ4v) is 2.75. The van der Waals surface area contributed by atoms with Gasteiger partial charge in [0.25, 0.3) is 0 Å². The lowest BCUT2D eigenvalue weighted by atomic mass is 9.86. The summed E-state index contributed by atoms with van der Waals surface area (Å²) >= 11 is 0. The molecule has 2 saturated heterocycles. The van der Waals surface area contributed by atoms with E-state index in [1.807, 2.05) is 20.8 Å². The van der Waals surface area contributed by atoms with E-state index in [2.05, 4.69) is 5.32 Å². The van der Waals surface area contributed by atoms with Crippen LogP contribution in [-0.4, -0.2) is 53.0 Å². The normalized spacial score (nSPS) is 27.6. The number of aliphatic hydroxyl groups excluding tert-OH is 1. The van der Waals surface area contributed by atoms with Crippen LogP contribution in [0.25, 0.3) is 0 Å². The predicted octanol–water partition coefficient (Wildman–Crippen LogP) is 1.11. The summed E-state index contributed by atoms with van der Waals surface area (Å²) in [6, 6.07) is 0. The Balaban J connectivity index is 1.85. The molecule has 5 nitrogen and oxygen atoms in total. The highest BCUT2D eigenvalue weighted by atomic mass is 16.6. The topological polar surface area (TPSA) is 61.8 Å². The Labute approximate surface area is 108 Å². The summed E-state index contributed by atoms with van der Waals surface area (Å²) in [5, 5.41) is 13.0. The zero-order valence-corrected chi connectivity index (χ0v) is 11.5. The Morgan fingerprint density at radius 3 is 2.44 bits per heavy atom. The van der Waals surface area contributed by atoms with Crippen molar-refractivity contribution in [3.05, 3.63) is 0 Å². The van der Waals surface area contributed by atoms with Gasteiger partial charge in [-0.2, -0.15) is 0 Å². The average molecular weight is 256 g/mol. The molecular formula is C13H24N2O3. The Hall–Kier alpha value is -0.810. The van der Waals surface area contributed by atoms with Gasteiger partial charge in [-0.3, -0.25) is 0 Å². The Kier molecular flexibility index (Phi) is 3.56. The largest absolute Gasteiger partial charge is 0.444 e. The molecule has 2 rings (SSSR count). The number of β-amino-alcohol motifs (C(OH)–C–C–N with tert-alkyl or cyclic N) is 1. The number of aliphatic hydroxyl groups is 1. The van der Waals surface area contributed by atoms with E-state index >= 15 is 0 Å². The number of carbonyl (C=O) groups excluding carboxylic acids is 1. The van der Waals surface area contributed by atoms with Crippen LogP contribution in [0.1, 0.15) is 40.0 Å². The second kappa shape index (κ2) is 4.70. The second-order valence-corrected chi connectivity index (χ2v) is 6.49. The van der Waals surface area contributed by atoms with E-state index in [1.165, 1.54) is 0 Å². The van der Waals surface area contributed by atoms with Crippen molar-refractivity contribution >= 4 is 6.09 Å². The summed E-state index contributed by atoms with van der Waals surface area (Å²) in [6.45, 7) is 7.72. The standard InChI is InChI=1S/C13H24N2O3/c1-12(2,3)18-11(17)15-6-4-13(5-7-15)8-10(16)9-14-13/h10,14,16H,4-9H2,1-3H3. The van der Waals surface area contributed by atoms with Crippen LogP contribution in [-0.2, 0) is 4.74 Å². The minimum atomic E-state index is -0.436. The maximum Gasteiger partial charge on any atom is 0.410 e. The Bertz CT molecular complexity index is 317. The third-order valence-electron chi connectivity index (χ3n) is 3.71. The first kappa shape index (κ1) is 13.6. The number of ether oxygens (including phenoxy) is 1. The van der Waals surface area contributed by atoms with Gasteiger partial charge in [-0.15, -0.1) is 0 Å². The molecule has 2 fully saturated rings. The van der Waals surface area contributed by atoms with Crippen LogP contribution in [0.5, 0.6) is 0 Å². The van der Waals surface area contributed by atoms with Gasteiger partial charge in [0.15, 0.2) is 0 Å². The number of amides is 1. The van der Waals surface area contributed by atoms with E-state index in [9.17, 15) is 9.90 Å². The number of carbonyl (C=O) groups is 1. The van der Waals surface area contributed by atoms with Gasteiger partial charge < -0.3 is 20.1 Å². The fraction of sp³-hybridized carbons (Fsp3) is 0.923. The molecule has 1 unspecified atom stereocenters. The van der Waals surface area contributed by atoms with Crippen LogP contribution >= 0.6 is 0 Å². The zero-order chi connectivity index (χ0) is 13.4. The van der Waals surface area contributed by atoms with Gasteiger partial charge in [0.2, 0.25) is 0 Å². The zero-order valence-electron chi connectivity index (χ0n) is 11.5. The highest BCUT2D eigenvalue weighted by molar-refractivity contribution is 5.68. The van der Waals surface area contributed by atoms with Crippen LogP contribution in [0.4, 0.5) is 4.79 Å². The van der Waals surface area contributed by atoms with Gasteiger partial charge in [0.05, 0.1) is 6.10 Å². The number of hydrogen-bond donors (Lipinski definition) is 2. The van der Waals surface area contributed by atoms with E-state index in [1.54, 1.807) is 4.90 Å². The molecule has 0 bridgehead atoms. The van der Waals surface area contributed by atoms with Crippen molar-refractivity contribution in [2.24, 2.45) is 0 Å². The van der Waals surface area contributed by atoms with E-state index in [4.69, 9.17) is 4.74 Å². The molecule has 0 aromatic rings. The smallest absolute Gasteiger partial charge is 0.410 e. The molecule has 0 radical (unpaired) electrons. The number of nitrogens with zero attached hydrogens (tertiary/aromatic N) is 1. The van der Waals surface area contributed by atoms with Gasteiger partial charge in [0.1, 0.15) is 5.60 Å². The molecule has 1 amide bonds. The summed E-state index contributed by atoms with van der Waals surface area (Å²) in [5.74, 6) is 0. The number of piperidine rings is 1. The Morgan fingerprint density at radius 1 is 1.39 bits per heavy atom. The number of likely N-dealkylation sites (tertiary alicyclic amines) is 1. The lowest BCUT2D eigenvalue weighted by molar-refractivity contribution is 0.0152. The van der Waals surface area contributed by atoms with Crippen molar-refractivity contribution in [3.8, 4) is 0 Å². The summed E-state index contributed by atoms with van der Waals surface area (Å²) in [4.78, 5) is 13.7. The number of nitrogens with one attached hydrogen (secondary N) is 1. The molecule has 2 aliphatic heterocycles. The SMILES string of the molecule is CC(C)(C)OC(=O)N1CCC2(CC1)CC(O)CN2. The quantitative estimate of drug-likeness (QED) is 0.681. The van der Waals surface area contributed by atoms with Gasteiger partial charge >= 0.3 is 6.09 Å². The molecule has 104 valence electrons. The molecule has 2 aliphatic rings. The molecule has 0 aliphatic carbocycles. The molecule has 0 saturated carbocycles. The van der Waals surface area contributed by atoms with Crippen molar-refractivity contribution in [1.82, 2.24) is 10.2 Å². The van der Waals surface area contributed by atoms with Crippen LogP contribution in [0.15, 0.2) is 0 Å². The minimum absolute atomic E-state index is 0.0396. The molecule has 0 aromatic heterocycles. The lowest BCUT2D eigenvalue weighted by Gasteiger charge is -2.39. The van der Waals surface area contributed by atoms with Crippen molar-refractivity contribution in [2.45, 2.75) is 57.3 Å². The molecule has 18 heavy (non-hydrogen) atoms. The molecule has 2 N–H and O–H groups in total. The summed E-state index contributed by atoms with van der Waals surface area (Å²) in [7, 11) is 0. The second-order valence-electron chi connectivity index (χ2n) is 6.49. The van der Waals surface area contributed by atoms with Gasteiger partial charge in [-0.05, 0) is 40.0 Å². The van der Waals surface area contributed by atoms with Crippen LogP contribution < -0.4 is 5.32 Å². The van der Waals surface area contributed by atoms with Crippen molar-refractivity contribution in [2.75, 3.05) is 19.6 Å².